The molecule has 3 aromatic rings. The second kappa shape index (κ2) is 9.85. The number of piperidine rings is 1. The highest BCUT2D eigenvalue weighted by Gasteiger charge is 2.43. The average Bonchev–Trinajstić information content (AvgIpc) is 3.27. The Bertz CT molecular complexity index is 1330. The number of aryl methyl sites for hydroxylation is 2. The third-order valence-corrected chi connectivity index (χ3v) is 7.51. The number of carbonyl (C=O) groups excluding carboxylic acids is 1. The standard InChI is InChI=1S/C27H31F3N6O2/c1-17-9-12-31-25(38-4)23(17)34-13-10-20(11-14-34)35-16-19-15-33(3)32-24(19)36(26(35)37)18(2)21-7-5-6-8-22(21)27(28,29)30/h5-9,12,15,18,20H,10-11,13-14,16H2,1-4H3. The third kappa shape index (κ3) is 4.54. The van der Waals surface area contributed by atoms with Crippen molar-refractivity contribution in [3.05, 3.63) is 65.0 Å². The SMILES string of the molecule is COc1nccc(C)c1N1CCC(N2Cc3cn(C)nc3N(C(C)c3ccccc3C(F)(F)F)C2=O)CC1. The molecule has 1 saturated heterocycles. The van der Waals surface area contributed by atoms with Crippen LogP contribution in [0, 0.1) is 6.92 Å². The summed E-state index contributed by atoms with van der Waals surface area (Å²) in [6.45, 7) is 5.41. The number of rotatable bonds is 5. The van der Waals surface area contributed by atoms with Gasteiger partial charge < -0.3 is 14.5 Å². The number of pyridine rings is 1. The first-order valence-corrected chi connectivity index (χ1v) is 12.6. The number of amides is 2. The van der Waals surface area contributed by atoms with E-state index in [0.717, 1.165) is 22.9 Å². The molecular weight excluding hydrogens is 497 g/mol. The molecule has 0 spiro atoms. The third-order valence-electron chi connectivity index (χ3n) is 7.51. The second-order valence-corrected chi connectivity index (χ2v) is 9.90. The maximum Gasteiger partial charge on any atom is 0.416 e. The highest BCUT2D eigenvalue weighted by molar-refractivity contribution is 5.94. The number of halogens is 3. The van der Waals surface area contributed by atoms with Crippen molar-refractivity contribution in [2.45, 2.75) is 51.5 Å². The highest BCUT2D eigenvalue weighted by atomic mass is 19.4. The van der Waals surface area contributed by atoms with Crippen molar-refractivity contribution in [2.24, 2.45) is 7.05 Å². The Kier molecular flexibility index (Phi) is 6.70. The van der Waals surface area contributed by atoms with E-state index in [-0.39, 0.29) is 17.6 Å². The first kappa shape index (κ1) is 25.9. The van der Waals surface area contributed by atoms with Crippen molar-refractivity contribution in [3.63, 3.8) is 0 Å². The van der Waals surface area contributed by atoms with E-state index in [2.05, 4.69) is 15.0 Å². The molecule has 1 aromatic carbocycles. The lowest BCUT2D eigenvalue weighted by Gasteiger charge is -2.44. The molecule has 0 radical (unpaired) electrons. The van der Waals surface area contributed by atoms with E-state index in [1.54, 1.807) is 42.9 Å². The summed E-state index contributed by atoms with van der Waals surface area (Å²) in [7, 11) is 3.35. The van der Waals surface area contributed by atoms with E-state index >= 15 is 0 Å². The zero-order chi connectivity index (χ0) is 27.2. The second-order valence-electron chi connectivity index (χ2n) is 9.90. The fourth-order valence-electron chi connectivity index (χ4n) is 5.67. The van der Waals surface area contributed by atoms with Gasteiger partial charge in [-0.25, -0.2) is 9.78 Å². The minimum Gasteiger partial charge on any atom is -0.480 e. The zero-order valence-corrected chi connectivity index (χ0v) is 21.9. The van der Waals surface area contributed by atoms with E-state index in [9.17, 15) is 18.0 Å². The number of methoxy groups -OCH3 is 1. The Morgan fingerprint density at radius 1 is 1.13 bits per heavy atom. The largest absolute Gasteiger partial charge is 0.480 e. The maximum absolute atomic E-state index is 14.0. The number of fused-ring (bicyclic) bond motifs is 1. The van der Waals surface area contributed by atoms with Crippen LogP contribution in [-0.4, -0.2) is 51.9 Å². The fourth-order valence-corrected chi connectivity index (χ4v) is 5.67. The molecule has 8 nitrogen and oxygen atoms in total. The minimum atomic E-state index is -4.53. The Morgan fingerprint density at radius 3 is 2.53 bits per heavy atom. The van der Waals surface area contributed by atoms with Crippen LogP contribution in [0.25, 0.3) is 0 Å². The van der Waals surface area contributed by atoms with Gasteiger partial charge in [0.15, 0.2) is 5.82 Å². The molecule has 202 valence electrons. The number of nitrogens with zero attached hydrogens (tertiary/aromatic N) is 6. The molecule has 38 heavy (non-hydrogen) atoms. The minimum absolute atomic E-state index is 0.0424. The van der Waals surface area contributed by atoms with Gasteiger partial charge in [-0.1, -0.05) is 18.2 Å². The first-order chi connectivity index (χ1) is 18.1. The molecule has 11 heteroatoms. The summed E-state index contributed by atoms with van der Waals surface area (Å²) in [4.78, 5) is 23.7. The Balaban J connectivity index is 1.43. The van der Waals surface area contributed by atoms with Gasteiger partial charge in [-0.05, 0) is 49.9 Å². The van der Waals surface area contributed by atoms with Crippen LogP contribution < -0.4 is 14.5 Å². The van der Waals surface area contributed by atoms with E-state index in [4.69, 9.17) is 4.74 Å². The number of hydrogen-bond donors (Lipinski definition) is 0. The van der Waals surface area contributed by atoms with Crippen LogP contribution in [-0.2, 0) is 19.8 Å². The lowest BCUT2D eigenvalue weighted by Crippen LogP contribution is -2.54. The molecule has 0 N–H and O–H groups in total. The van der Waals surface area contributed by atoms with Crippen LogP contribution in [0.3, 0.4) is 0 Å². The van der Waals surface area contributed by atoms with Gasteiger partial charge in [-0.15, -0.1) is 0 Å². The van der Waals surface area contributed by atoms with Gasteiger partial charge in [0.25, 0.3) is 0 Å². The predicted octanol–water partition coefficient (Wildman–Crippen LogP) is 5.32. The van der Waals surface area contributed by atoms with Crippen molar-refractivity contribution in [2.75, 3.05) is 30.0 Å². The number of anilines is 2. The smallest absolute Gasteiger partial charge is 0.416 e. The van der Waals surface area contributed by atoms with Crippen molar-refractivity contribution < 1.29 is 22.7 Å². The van der Waals surface area contributed by atoms with Gasteiger partial charge in [0.2, 0.25) is 5.88 Å². The summed E-state index contributed by atoms with van der Waals surface area (Å²) in [5, 5.41) is 4.47. The Morgan fingerprint density at radius 2 is 1.84 bits per heavy atom. The van der Waals surface area contributed by atoms with Crippen molar-refractivity contribution >= 4 is 17.5 Å². The lowest BCUT2D eigenvalue weighted by molar-refractivity contribution is -0.138. The Labute approximate surface area is 219 Å². The van der Waals surface area contributed by atoms with Crippen molar-refractivity contribution in [1.29, 1.82) is 0 Å². The lowest BCUT2D eigenvalue weighted by atomic mass is 9.97. The predicted molar refractivity (Wildman–Crippen MR) is 137 cm³/mol. The number of hydrogen-bond acceptors (Lipinski definition) is 5. The highest BCUT2D eigenvalue weighted by Crippen LogP contribution is 2.41. The monoisotopic (exact) mass is 528 g/mol. The Hall–Kier alpha value is -3.76. The van der Waals surface area contributed by atoms with Gasteiger partial charge >= 0.3 is 12.2 Å². The number of carbonyl (C=O) groups is 1. The molecule has 4 heterocycles. The molecule has 2 amide bonds. The van der Waals surface area contributed by atoms with Crippen LogP contribution in [0.2, 0.25) is 0 Å². The zero-order valence-electron chi connectivity index (χ0n) is 21.9. The van der Waals surface area contributed by atoms with E-state index in [1.807, 2.05) is 19.2 Å². The molecule has 2 aromatic heterocycles. The maximum atomic E-state index is 14.0. The summed E-state index contributed by atoms with van der Waals surface area (Å²) in [5.74, 6) is 0.979. The van der Waals surface area contributed by atoms with Crippen LogP contribution in [0.4, 0.5) is 29.5 Å². The van der Waals surface area contributed by atoms with Gasteiger partial charge in [0.1, 0.15) is 5.69 Å². The number of urea groups is 1. The van der Waals surface area contributed by atoms with Gasteiger partial charge in [-0.2, -0.15) is 18.3 Å². The summed E-state index contributed by atoms with van der Waals surface area (Å²) in [6, 6.07) is 6.11. The van der Waals surface area contributed by atoms with Crippen LogP contribution >= 0.6 is 0 Å². The summed E-state index contributed by atoms with van der Waals surface area (Å²) < 4.78 is 48.6. The van der Waals surface area contributed by atoms with Crippen LogP contribution in [0.15, 0.2) is 42.7 Å². The summed E-state index contributed by atoms with van der Waals surface area (Å²) in [5.41, 5.74) is 2.13. The number of alkyl halides is 3. The van der Waals surface area contributed by atoms with Crippen molar-refractivity contribution in [3.8, 4) is 5.88 Å². The van der Waals surface area contributed by atoms with E-state index in [0.29, 0.717) is 44.2 Å². The number of benzene rings is 1. The van der Waals surface area contributed by atoms with Gasteiger partial charge in [0.05, 0.1) is 25.3 Å². The van der Waals surface area contributed by atoms with Crippen LogP contribution in [0.5, 0.6) is 5.88 Å². The first-order valence-electron chi connectivity index (χ1n) is 12.6. The average molecular weight is 529 g/mol. The normalized spacial score (nSPS) is 17.6. The van der Waals surface area contributed by atoms with Crippen molar-refractivity contribution in [1.82, 2.24) is 19.7 Å². The summed E-state index contributed by atoms with van der Waals surface area (Å²) in [6.07, 6.45) is 0.438. The molecule has 0 bridgehead atoms. The molecule has 2 aliphatic rings. The fraction of sp³-hybridized carbons (Fsp3) is 0.444. The molecule has 1 fully saturated rings. The molecule has 2 aliphatic heterocycles. The van der Waals surface area contributed by atoms with Gasteiger partial charge in [0, 0.05) is 44.1 Å². The molecular formula is C27H31F3N6O2. The molecule has 1 atom stereocenters. The quantitative estimate of drug-likeness (QED) is 0.448. The summed E-state index contributed by atoms with van der Waals surface area (Å²) >= 11 is 0. The number of aromatic nitrogens is 3. The topological polar surface area (TPSA) is 66.7 Å². The molecule has 0 saturated carbocycles. The van der Waals surface area contributed by atoms with Gasteiger partial charge in [-0.3, -0.25) is 9.58 Å². The van der Waals surface area contributed by atoms with E-state index in [1.165, 1.54) is 17.0 Å². The molecule has 5 rings (SSSR count). The molecule has 0 aliphatic carbocycles. The van der Waals surface area contributed by atoms with Crippen LogP contribution in [0.1, 0.15) is 48.1 Å². The van der Waals surface area contributed by atoms with E-state index < -0.39 is 17.8 Å². The number of ether oxygens (including phenoxy) is 1. The molecule has 1 unspecified atom stereocenters.